The normalized spacial score (nSPS) is 44.5. The Morgan fingerprint density at radius 2 is 2.00 bits per heavy atom. The molecule has 2 rings (SSSR count). The Morgan fingerprint density at radius 1 is 1.23 bits per heavy atom. The molecule has 2 heteroatoms. The smallest absolute Gasteiger partial charge is 0.0356 e. The average molecular weight is 181 g/mol. The second-order valence-corrected chi connectivity index (χ2v) is 4.68. The number of hydrogen-bond acceptors (Lipinski definition) is 2. The van der Waals surface area contributed by atoms with Crippen LogP contribution in [-0.2, 0) is 0 Å². The predicted molar refractivity (Wildman–Crippen MR) is 52.5 cm³/mol. The van der Waals surface area contributed by atoms with E-state index in [-0.39, 0.29) is 0 Å². The van der Waals surface area contributed by atoms with E-state index in [1.54, 1.807) is 0 Å². The van der Waals surface area contributed by atoms with Crippen molar-refractivity contribution in [3.8, 4) is 0 Å². The maximum atomic E-state index is 9.07. The van der Waals surface area contributed by atoms with Gasteiger partial charge in [0.1, 0.15) is 0 Å². The fraction of sp³-hybridized carbons (Fsp3) is 0.818. The van der Waals surface area contributed by atoms with E-state index in [0.717, 1.165) is 24.7 Å². The Balaban J connectivity index is 2.08. The Kier molecular flexibility index (Phi) is 2.70. The van der Waals surface area contributed by atoms with Crippen molar-refractivity contribution in [3.05, 3.63) is 12.2 Å². The molecule has 2 nitrogen and oxygen atoms in total. The van der Waals surface area contributed by atoms with Crippen molar-refractivity contribution in [2.24, 2.45) is 17.8 Å². The summed E-state index contributed by atoms with van der Waals surface area (Å²) in [6.45, 7) is 2.29. The molecular weight excluding hydrogens is 162 g/mol. The molecule has 1 fully saturated rings. The fourth-order valence-electron chi connectivity index (χ4n) is 3.03. The second kappa shape index (κ2) is 3.81. The molecule has 0 spiro atoms. The third kappa shape index (κ3) is 1.79. The van der Waals surface area contributed by atoms with Gasteiger partial charge in [-0.15, -0.1) is 0 Å². The Morgan fingerprint density at radius 3 is 2.77 bits per heavy atom. The van der Waals surface area contributed by atoms with Crippen molar-refractivity contribution in [1.29, 1.82) is 0 Å². The summed E-state index contributed by atoms with van der Waals surface area (Å²) in [5.41, 5.74) is 2.50. The van der Waals surface area contributed by atoms with Gasteiger partial charge < -0.3 is 5.21 Å². The van der Waals surface area contributed by atoms with Gasteiger partial charge in [0.15, 0.2) is 0 Å². The molecule has 13 heavy (non-hydrogen) atoms. The Labute approximate surface area is 80.0 Å². The standard InChI is InChI=1S/C11H19NO/c1-8-6-9-4-2-3-5-10(9)11(7-8)12-13/h2-3,8-13H,4-7H2,1H3/t8-,9-,10-,11+/m1/s1. The molecule has 74 valence electrons. The van der Waals surface area contributed by atoms with E-state index >= 15 is 0 Å². The molecule has 0 saturated heterocycles. The van der Waals surface area contributed by atoms with Crippen LogP contribution in [0.15, 0.2) is 12.2 Å². The first-order valence-corrected chi connectivity index (χ1v) is 5.36. The van der Waals surface area contributed by atoms with Crippen molar-refractivity contribution in [1.82, 2.24) is 5.48 Å². The van der Waals surface area contributed by atoms with Crippen LogP contribution in [0.2, 0.25) is 0 Å². The van der Waals surface area contributed by atoms with Gasteiger partial charge in [0.25, 0.3) is 0 Å². The van der Waals surface area contributed by atoms with Crippen LogP contribution in [-0.4, -0.2) is 11.2 Å². The summed E-state index contributed by atoms with van der Waals surface area (Å²) in [5.74, 6) is 2.24. The van der Waals surface area contributed by atoms with Gasteiger partial charge in [-0.2, -0.15) is 0 Å². The molecule has 0 heterocycles. The third-order valence-electron chi connectivity index (χ3n) is 3.66. The molecule has 0 radical (unpaired) electrons. The van der Waals surface area contributed by atoms with Gasteiger partial charge in [0.05, 0.1) is 0 Å². The van der Waals surface area contributed by atoms with Gasteiger partial charge in [-0.05, 0) is 43.4 Å². The lowest BCUT2D eigenvalue weighted by Crippen LogP contribution is -2.44. The minimum Gasteiger partial charge on any atom is -0.317 e. The lowest BCUT2D eigenvalue weighted by Gasteiger charge is -2.41. The number of fused-ring (bicyclic) bond motifs is 1. The van der Waals surface area contributed by atoms with E-state index in [0.29, 0.717) is 12.0 Å². The maximum Gasteiger partial charge on any atom is 0.0356 e. The van der Waals surface area contributed by atoms with E-state index in [4.69, 9.17) is 5.21 Å². The fourth-order valence-corrected chi connectivity index (χ4v) is 3.03. The summed E-state index contributed by atoms with van der Waals surface area (Å²) in [6.07, 6.45) is 9.40. The number of hydroxylamine groups is 1. The molecule has 0 aromatic rings. The van der Waals surface area contributed by atoms with Gasteiger partial charge in [0.2, 0.25) is 0 Å². The van der Waals surface area contributed by atoms with Crippen LogP contribution in [0.4, 0.5) is 0 Å². The first-order valence-electron chi connectivity index (χ1n) is 5.36. The summed E-state index contributed by atoms with van der Waals surface area (Å²) in [5, 5.41) is 9.07. The van der Waals surface area contributed by atoms with E-state index < -0.39 is 0 Å². The van der Waals surface area contributed by atoms with Crippen molar-refractivity contribution < 1.29 is 5.21 Å². The van der Waals surface area contributed by atoms with Gasteiger partial charge in [-0.3, -0.25) is 0 Å². The zero-order chi connectivity index (χ0) is 9.26. The highest BCUT2D eigenvalue weighted by atomic mass is 16.5. The first kappa shape index (κ1) is 9.22. The van der Waals surface area contributed by atoms with E-state index in [1.807, 2.05) is 0 Å². The lowest BCUT2D eigenvalue weighted by molar-refractivity contribution is 0.0330. The monoisotopic (exact) mass is 181 g/mol. The van der Waals surface area contributed by atoms with Crippen LogP contribution in [0.1, 0.15) is 32.6 Å². The number of nitrogens with one attached hydrogen (secondary N) is 1. The molecule has 0 bridgehead atoms. The zero-order valence-electron chi connectivity index (χ0n) is 8.24. The molecular formula is C11H19NO. The van der Waals surface area contributed by atoms with E-state index in [9.17, 15) is 0 Å². The summed E-state index contributed by atoms with van der Waals surface area (Å²) in [7, 11) is 0. The molecule has 1 saturated carbocycles. The van der Waals surface area contributed by atoms with Crippen molar-refractivity contribution >= 4 is 0 Å². The van der Waals surface area contributed by atoms with E-state index in [2.05, 4.69) is 24.6 Å². The van der Waals surface area contributed by atoms with Crippen LogP contribution in [0.3, 0.4) is 0 Å². The minimum absolute atomic E-state index is 0.332. The molecule has 0 amide bonds. The van der Waals surface area contributed by atoms with Crippen molar-refractivity contribution in [2.45, 2.75) is 38.6 Å². The van der Waals surface area contributed by atoms with Crippen LogP contribution >= 0.6 is 0 Å². The quantitative estimate of drug-likeness (QED) is 0.481. The summed E-state index contributed by atoms with van der Waals surface area (Å²) < 4.78 is 0. The number of hydrogen-bond donors (Lipinski definition) is 2. The highest BCUT2D eigenvalue weighted by Crippen LogP contribution is 2.40. The molecule has 4 atom stereocenters. The molecule has 0 unspecified atom stereocenters. The first-order chi connectivity index (χ1) is 6.31. The van der Waals surface area contributed by atoms with Crippen LogP contribution < -0.4 is 5.48 Å². The molecule has 0 aromatic heterocycles. The largest absolute Gasteiger partial charge is 0.317 e. The van der Waals surface area contributed by atoms with Crippen molar-refractivity contribution in [3.63, 3.8) is 0 Å². The van der Waals surface area contributed by atoms with Crippen LogP contribution in [0.5, 0.6) is 0 Å². The van der Waals surface area contributed by atoms with E-state index in [1.165, 1.54) is 12.8 Å². The second-order valence-electron chi connectivity index (χ2n) is 4.68. The molecule has 0 aromatic carbocycles. The minimum atomic E-state index is 0.332. The molecule has 2 aliphatic carbocycles. The van der Waals surface area contributed by atoms with Gasteiger partial charge in [0, 0.05) is 6.04 Å². The van der Waals surface area contributed by atoms with Crippen LogP contribution in [0, 0.1) is 17.8 Å². The zero-order valence-corrected chi connectivity index (χ0v) is 8.24. The third-order valence-corrected chi connectivity index (χ3v) is 3.66. The maximum absolute atomic E-state index is 9.07. The molecule has 2 N–H and O–H groups in total. The molecule has 0 aliphatic heterocycles. The van der Waals surface area contributed by atoms with Gasteiger partial charge >= 0.3 is 0 Å². The summed E-state index contributed by atoms with van der Waals surface area (Å²) >= 11 is 0. The topological polar surface area (TPSA) is 32.3 Å². The van der Waals surface area contributed by atoms with Crippen molar-refractivity contribution in [2.75, 3.05) is 0 Å². The van der Waals surface area contributed by atoms with Gasteiger partial charge in [-0.1, -0.05) is 19.1 Å². The Hall–Kier alpha value is -0.340. The van der Waals surface area contributed by atoms with Crippen LogP contribution in [0.25, 0.3) is 0 Å². The SMILES string of the molecule is C[C@@H]1C[C@H]2CC=CC[C@H]2[C@@H](NO)C1. The number of rotatable bonds is 1. The lowest BCUT2D eigenvalue weighted by atomic mass is 9.67. The highest BCUT2D eigenvalue weighted by molar-refractivity contribution is 5.00. The molecule has 2 aliphatic rings. The highest BCUT2D eigenvalue weighted by Gasteiger charge is 2.35. The van der Waals surface area contributed by atoms with Gasteiger partial charge in [-0.25, -0.2) is 5.48 Å². The Bertz CT molecular complexity index is 202. The summed E-state index contributed by atoms with van der Waals surface area (Å²) in [4.78, 5) is 0. The predicted octanol–water partition coefficient (Wildman–Crippen LogP) is 2.35. The summed E-state index contributed by atoms with van der Waals surface area (Å²) in [6, 6.07) is 0.332. The number of allylic oxidation sites excluding steroid dienone is 2. The average Bonchev–Trinajstić information content (AvgIpc) is 2.16.